The summed E-state index contributed by atoms with van der Waals surface area (Å²) < 4.78 is 13.7. The average molecular weight is 288 g/mol. The second-order valence-electron chi connectivity index (χ2n) is 5.42. The number of aromatic nitrogens is 3. The topological polar surface area (TPSA) is 52.4 Å². The molecular weight excluding hydrogens is 268 g/mol. The van der Waals surface area contributed by atoms with Crippen LogP contribution in [0.15, 0.2) is 24.3 Å². The molecular formula is C15H20N4O2. The molecule has 2 aromatic rings. The lowest BCUT2D eigenvalue weighted by Gasteiger charge is -2.29. The smallest absolute Gasteiger partial charge is 0.161 e. The Morgan fingerprint density at radius 3 is 2.76 bits per heavy atom. The van der Waals surface area contributed by atoms with Gasteiger partial charge in [-0.15, -0.1) is 10.2 Å². The Morgan fingerprint density at radius 2 is 2.05 bits per heavy atom. The summed E-state index contributed by atoms with van der Waals surface area (Å²) in [5, 5.41) is 8.26. The summed E-state index contributed by atoms with van der Waals surface area (Å²) in [5.74, 6) is 3.51. The maximum absolute atomic E-state index is 5.97. The molecule has 2 heterocycles. The largest absolute Gasteiger partial charge is 0.486 e. The van der Waals surface area contributed by atoms with Crippen molar-refractivity contribution in [3.05, 3.63) is 35.9 Å². The fourth-order valence-electron chi connectivity index (χ4n) is 2.40. The number of rotatable bonds is 4. The number of fused-ring (bicyclic) bond motifs is 1. The Labute approximate surface area is 124 Å². The Bertz CT molecular complexity index is 626. The molecule has 0 spiro atoms. The third kappa shape index (κ3) is 3.00. The van der Waals surface area contributed by atoms with E-state index in [1.165, 1.54) is 0 Å². The summed E-state index contributed by atoms with van der Waals surface area (Å²) in [6, 6.07) is 7.77. The second-order valence-corrected chi connectivity index (χ2v) is 5.42. The molecule has 0 bridgehead atoms. The lowest BCUT2D eigenvalue weighted by Crippen LogP contribution is -2.39. The van der Waals surface area contributed by atoms with Crippen LogP contribution in [0.2, 0.25) is 0 Å². The van der Waals surface area contributed by atoms with Crippen molar-refractivity contribution in [3.8, 4) is 11.5 Å². The van der Waals surface area contributed by atoms with Crippen molar-refractivity contribution in [1.82, 2.24) is 19.7 Å². The van der Waals surface area contributed by atoms with Gasteiger partial charge in [-0.1, -0.05) is 12.1 Å². The van der Waals surface area contributed by atoms with Crippen LogP contribution in [0, 0.1) is 6.92 Å². The van der Waals surface area contributed by atoms with Gasteiger partial charge >= 0.3 is 0 Å². The van der Waals surface area contributed by atoms with Gasteiger partial charge in [-0.05, 0) is 26.1 Å². The van der Waals surface area contributed by atoms with E-state index in [1.54, 1.807) is 0 Å². The first kappa shape index (κ1) is 13.9. The van der Waals surface area contributed by atoms with E-state index >= 15 is 0 Å². The average Bonchev–Trinajstić information content (AvgIpc) is 2.79. The summed E-state index contributed by atoms with van der Waals surface area (Å²) in [4.78, 5) is 2.17. The zero-order valence-corrected chi connectivity index (χ0v) is 12.6. The van der Waals surface area contributed by atoms with Gasteiger partial charge in [-0.25, -0.2) is 0 Å². The first-order chi connectivity index (χ1) is 10.1. The lowest BCUT2D eigenvalue weighted by molar-refractivity contribution is 0.0630. The normalized spacial score (nSPS) is 17.2. The van der Waals surface area contributed by atoms with Crippen molar-refractivity contribution in [1.29, 1.82) is 0 Å². The molecule has 0 fully saturated rings. The Kier molecular flexibility index (Phi) is 3.79. The molecule has 1 aromatic carbocycles. The van der Waals surface area contributed by atoms with Crippen molar-refractivity contribution in [2.24, 2.45) is 7.05 Å². The van der Waals surface area contributed by atoms with Crippen LogP contribution in [0.1, 0.15) is 11.6 Å². The molecule has 0 saturated heterocycles. The van der Waals surface area contributed by atoms with E-state index in [0.29, 0.717) is 6.61 Å². The molecule has 3 rings (SSSR count). The Morgan fingerprint density at radius 1 is 1.29 bits per heavy atom. The molecule has 1 unspecified atom stereocenters. The van der Waals surface area contributed by atoms with Gasteiger partial charge in [-0.2, -0.15) is 0 Å². The van der Waals surface area contributed by atoms with Crippen LogP contribution in [0.3, 0.4) is 0 Å². The third-order valence-corrected chi connectivity index (χ3v) is 3.68. The predicted molar refractivity (Wildman–Crippen MR) is 78.4 cm³/mol. The molecule has 0 N–H and O–H groups in total. The van der Waals surface area contributed by atoms with Gasteiger partial charge in [-0.3, -0.25) is 4.90 Å². The molecule has 1 aromatic heterocycles. The number of ether oxygens (including phenoxy) is 2. The quantitative estimate of drug-likeness (QED) is 0.851. The molecule has 6 heteroatoms. The number of nitrogens with zero attached hydrogens (tertiary/aromatic N) is 4. The number of hydrogen-bond acceptors (Lipinski definition) is 5. The summed E-state index contributed by atoms with van der Waals surface area (Å²) in [6.45, 7) is 4.03. The number of para-hydroxylation sites is 2. The zero-order valence-electron chi connectivity index (χ0n) is 12.6. The van der Waals surface area contributed by atoms with Crippen molar-refractivity contribution in [2.45, 2.75) is 19.6 Å². The van der Waals surface area contributed by atoms with Crippen LogP contribution < -0.4 is 9.47 Å². The zero-order chi connectivity index (χ0) is 14.8. The van der Waals surface area contributed by atoms with E-state index in [1.807, 2.05) is 49.9 Å². The minimum atomic E-state index is 0.0271. The van der Waals surface area contributed by atoms with Gasteiger partial charge < -0.3 is 14.0 Å². The van der Waals surface area contributed by atoms with Crippen LogP contribution in [0.4, 0.5) is 0 Å². The number of hydrogen-bond donors (Lipinski definition) is 0. The number of likely N-dealkylation sites (N-methyl/N-ethyl adjacent to an activating group) is 1. The summed E-state index contributed by atoms with van der Waals surface area (Å²) in [5.41, 5.74) is 0. The van der Waals surface area contributed by atoms with Crippen LogP contribution in [-0.4, -0.2) is 46.0 Å². The van der Waals surface area contributed by atoms with Crippen molar-refractivity contribution in [3.63, 3.8) is 0 Å². The van der Waals surface area contributed by atoms with Crippen LogP contribution >= 0.6 is 0 Å². The monoisotopic (exact) mass is 288 g/mol. The highest BCUT2D eigenvalue weighted by atomic mass is 16.6. The lowest BCUT2D eigenvalue weighted by atomic mass is 10.2. The maximum Gasteiger partial charge on any atom is 0.161 e. The van der Waals surface area contributed by atoms with Crippen molar-refractivity contribution in [2.75, 3.05) is 20.2 Å². The predicted octanol–water partition coefficient (Wildman–Crippen LogP) is 1.40. The van der Waals surface area contributed by atoms with Crippen LogP contribution in [0.25, 0.3) is 0 Å². The number of aryl methyl sites for hydroxylation is 1. The van der Waals surface area contributed by atoms with Gasteiger partial charge in [0.1, 0.15) is 24.4 Å². The molecule has 21 heavy (non-hydrogen) atoms. The van der Waals surface area contributed by atoms with E-state index in [9.17, 15) is 0 Å². The highest BCUT2D eigenvalue weighted by molar-refractivity contribution is 5.40. The van der Waals surface area contributed by atoms with Crippen LogP contribution in [0.5, 0.6) is 11.5 Å². The summed E-state index contributed by atoms with van der Waals surface area (Å²) in [6.07, 6.45) is 0.0271. The van der Waals surface area contributed by atoms with E-state index in [2.05, 4.69) is 15.1 Å². The molecule has 0 aliphatic carbocycles. The molecule has 1 aliphatic rings. The molecule has 1 atom stereocenters. The van der Waals surface area contributed by atoms with Crippen molar-refractivity contribution >= 4 is 0 Å². The van der Waals surface area contributed by atoms with Crippen molar-refractivity contribution < 1.29 is 9.47 Å². The Hall–Kier alpha value is -2.08. The molecule has 0 saturated carbocycles. The molecule has 1 aliphatic heterocycles. The highest BCUT2D eigenvalue weighted by Crippen LogP contribution is 2.30. The molecule has 6 nitrogen and oxygen atoms in total. The minimum absolute atomic E-state index is 0.0271. The Balaban J connectivity index is 1.59. The number of benzene rings is 1. The highest BCUT2D eigenvalue weighted by Gasteiger charge is 2.22. The maximum atomic E-state index is 5.97. The van der Waals surface area contributed by atoms with Gasteiger partial charge in [0.25, 0.3) is 0 Å². The van der Waals surface area contributed by atoms with Gasteiger partial charge in [0, 0.05) is 13.6 Å². The fourth-order valence-corrected chi connectivity index (χ4v) is 2.40. The third-order valence-electron chi connectivity index (χ3n) is 3.68. The van der Waals surface area contributed by atoms with E-state index in [4.69, 9.17) is 9.47 Å². The first-order valence-corrected chi connectivity index (χ1v) is 7.05. The minimum Gasteiger partial charge on any atom is -0.486 e. The van der Waals surface area contributed by atoms with E-state index in [-0.39, 0.29) is 6.10 Å². The molecule has 0 amide bonds. The fraction of sp³-hybridized carbons (Fsp3) is 0.467. The van der Waals surface area contributed by atoms with E-state index < -0.39 is 0 Å². The second kappa shape index (κ2) is 5.73. The summed E-state index contributed by atoms with van der Waals surface area (Å²) >= 11 is 0. The van der Waals surface area contributed by atoms with E-state index in [0.717, 1.165) is 36.2 Å². The van der Waals surface area contributed by atoms with Crippen LogP contribution in [-0.2, 0) is 13.6 Å². The molecule has 112 valence electrons. The van der Waals surface area contributed by atoms with Gasteiger partial charge in [0.2, 0.25) is 0 Å². The van der Waals surface area contributed by atoms with Gasteiger partial charge in [0.05, 0.1) is 6.54 Å². The van der Waals surface area contributed by atoms with Gasteiger partial charge in [0.15, 0.2) is 11.5 Å². The summed E-state index contributed by atoms with van der Waals surface area (Å²) in [7, 11) is 4.03. The first-order valence-electron chi connectivity index (χ1n) is 7.05. The molecule has 0 radical (unpaired) electrons. The standard InChI is InChI=1S/C15H20N4O2/c1-11-16-17-15(19(11)3)9-18(2)8-12-10-20-13-6-4-5-7-14(13)21-12/h4-7,12H,8-10H2,1-3H3. The SMILES string of the molecule is Cc1nnc(CN(C)CC2COc3ccccc3O2)n1C.